The van der Waals surface area contributed by atoms with E-state index in [0.717, 1.165) is 0 Å². The van der Waals surface area contributed by atoms with Crippen molar-refractivity contribution in [3.8, 4) is 0 Å². The first kappa shape index (κ1) is 11.1. The molecule has 0 rings (SSSR count). The summed E-state index contributed by atoms with van der Waals surface area (Å²) in [5.74, 6) is -2.57. The number of carboxylic acids is 1. The van der Waals surface area contributed by atoms with Crippen LogP contribution < -0.4 is 11.5 Å². The van der Waals surface area contributed by atoms with Crippen LogP contribution in [0.25, 0.3) is 0 Å². The van der Waals surface area contributed by atoms with Gasteiger partial charge >= 0.3 is 5.97 Å². The van der Waals surface area contributed by atoms with Crippen LogP contribution in [0.5, 0.6) is 0 Å². The van der Waals surface area contributed by atoms with Crippen molar-refractivity contribution < 1.29 is 18.9 Å². The highest BCUT2D eigenvalue weighted by Gasteiger charge is 2.16. The zero-order chi connectivity index (χ0) is 9.72. The van der Waals surface area contributed by atoms with Crippen LogP contribution in [0.15, 0.2) is 0 Å². The van der Waals surface area contributed by atoms with E-state index in [1.165, 1.54) is 0 Å². The molecule has 0 aromatic rings. The van der Waals surface area contributed by atoms with E-state index >= 15 is 0 Å². The van der Waals surface area contributed by atoms with Gasteiger partial charge in [0.05, 0.1) is 0 Å². The van der Waals surface area contributed by atoms with E-state index in [1.54, 1.807) is 0 Å². The average molecular weight is 194 g/mol. The van der Waals surface area contributed by atoms with Gasteiger partial charge in [-0.1, -0.05) is 0 Å². The summed E-state index contributed by atoms with van der Waals surface area (Å²) in [4.78, 5) is 20.3. The quantitative estimate of drug-likeness (QED) is 0.451. The molecule has 0 aliphatic carbocycles. The minimum Gasteiger partial charge on any atom is -0.480 e. The van der Waals surface area contributed by atoms with Gasteiger partial charge in [-0.3, -0.25) is 13.8 Å². The monoisotopic (exact) mass is 194 g/mol. The van der Waals surface area contributed by atoms with Gasteiger partial charge in [-0.2, -0.15) is 0 Å². The number of nitrogens with two attached hydrogens (primary N) is 2. The van der Waals surface area contributed by atoms with Crippen LogP contribution in [0, 0.1) is 0 Å². The molecule has 12 heavy (non-hydrogen) atoms. The van der Waals surface area contributed by atoms with Crippen molar-refractivity contribution in [3.05, 3.63) is 0 Å². The lowest BCUT2D eigenvalue weighted by Gasteiger charge is -2.03. The third kappa shape index (κ3) is 4.80. The van der Waals surface area contributed by atoms with Gasteiger partial charge in [0.25, 0.3) is 0 Å². The zero-order valence-corrected chi connectivity index (χ0v) is 7.04. The number of hydrogen-bond acceptors (Lipinski definition) is 4. The summed E-state index contributed by atoms with van der Waals surface area (Å²) in [6.07, 6.45) is 0. The Morgan fingerprint density at radius 2 is 2.00 bits per heavy atom. The van der Waals surface area contributed by atoms with Gasteiger partial charge in [-0.25, -0.2) is 0 Å². The smallest absolute Gasteiger partial charge is 0.321 e. The first-order chi connectivity index (χ1) is 5.43. The Kier molecular flexibility index (Phi) is 4.45. The highest BCUT2D eigenvalue weighted by atomic mass is 32.2. The van der Waals surface area contributed by atoms with Crippen molar-refractivity contribution in [1.82, 2.24) is 0 Å². The molecule has 7 heteroatoms. The second kappa shape index (κ2) is 4.83. The number of hydrogen-bond donors (Lipinski definition) is 3. The Balaban J connectivity index is 3.85. The number of carbonyl (C=O) groups is 2. The maximum absolute atomic E-state index is 10.8. The molecule has 0 aromatic carbocycles. The number of carbonyl (C=O) groups excluding carboxylic acids is 1. The van der Waals surface area contributed by atoms with Crippen molar-refractivity contribution in [2.45, 2.75) is 6.04 Å². The maximum Gasteiger partial charge on any atom is 0.321 e. The molecule has 0 aliphatic rings. The van der Waals surface area contributed by atoms with Crippen LogP contribution >= 0.6 is 0 Å². The predicted octanol–water partition coefficient (Wildman–Crippen LogP) is -2.37. The van der Waals surface area contributed by atoms with Crippen LogP contribution in [0.4, 0.5) is 0 Å². The first-order valence-corrected chi connectivity index (χ1v) is 4.54. The van der Waals surface area contributed by atoms with E-state index in [1.807, 2.05) is 0 Å². The predicted molar refractivity (Wildman–Crippen MR) is 42.7 cm³/mol. The molecule has 0 saturated heterocycles. The Morgan fingerprint density at radius 1 is 1.50 bits per heavy atom. The van der Waals surface area contributed by atoms with E-state index in [9.17, 15) is 13.8 Å². The molecule has 6 nitrogen and oxygen atoms in total. The van der Waals surface area contributed by atoms with Crippen LogP contribution in [0.2, 0.25) is 0 Å². The van der Waals surface area contributed by atoms with Crippen molar-refractivity contribution in [2.75, 3.05) is 11.5 Å². The Hall–Kier alpha value is -0.950. The summed E-state index contributed by atoms with van der Waals surface area (Å²) in [7, 11) is -1.58. The lowest BCUT2D eigenvalue weighted by molar-refractivity contribution is -0.138. The van der Waals surface area contributed by atoms with Crippen molar-refractivity contribution in [2.24, 2.45) is 11.5 Å². The Labute approximate surface area is 71.4 Å². The summed E-state index contributed by atoms with van der Waals surface area (Å²) in [5, 5.41) is 8.29. The second-order valence-electron chi connectivity index (χ2n) is 2.16. The largest absolute Gasteiger partial charge is 0.480 e. The fraction of sp³-hybridized carbons (Fsp3) is 0.600. The molecule has 0 spiro atoms. The van der Waals surface area contributed by atoms with Gasteiger partial charge in [0.15, 0.2) is 0 Å². The molecule has 0 saturated carbocycles. The molecule has 2 atom stereocenters. The summed E-state index contributed by atoms with van der Waals surface area (Å²) in [5.41, 5.74) is 9.77. The molecule has 0 bridgehead atoms. The van der Waals surface area contributed by atoms with Gasteiger partial charge < -0.3 is 16.6 Å². The van der Waals surface area contributed by atoms with Gasteiger partial charge in [-0.15, -0.1) is 0 Å². The number of primary amides is 1. The number of carboxylic acid groups (broad SMARTS) is 1. The number of aliphatic carboxylic acids is 1. The Bertz CT molecular complexity index is 217. The minimum absolute atomic E-state index is 0.252. The lowest BCUT2D eigenvalue weighted by atomic mass is 10.4. The third-order valence-electron chi connectivity index (χ3n) is 0.986. The fourth-order valence-electron chi connectivity index (χ4n) is 0.489. The van der Waals surface area contributed by atoms with Crippen LogP contribution in [-0.4, -0.2) is 38.7 Å². The molecular formula is C5H10N2O4S. The standard InChI is InChI=1S/C5H10N2O4S/c6-3(5(9)10)1-12(11)2-4(7)8/h3H,1-2,6H2,(H2,7,8)(H,9,10). The normalized spacial score (nSPS) is 15.1. The van der Waals surface area contributed by atoms with E-state index < -0.39 is 28.7 Å². The topological polar surface area (TPSA) is 123 Å². The zero-order valence-electron chi connectivity index (χ0n) is 6.23. The molecular weight excluding hydrogens is 184 g/mol. The molecule has 1 amide bonds. The molecule has 0 radical (unpaired) electrons. The van der Waals surface area contributed by atoms with E-state index in [-0.39, 0.29) is 11.5 Å². The molecule has 0 aliphatic heterocycles. The van der Waals surface area contributed by atoms with E-state index in [4.69, 9.17) is 16.6 Å². The van der Waals surface area contributed by atoms with Gasteiger partial charge in [0.2, 0.25) is 5.91 Å². The lowest BCUT2D eigenvalue weighted by Crippen LogP contribution is -2.37. The highest BCUT2D eigenvalue weighted by molar-refractivity contribution is 7.85. The van der Waals surface area contributed by atoms with Crippen LogP contribution in [-0.2, 0) is 20.4 Å². The Morgan fingerprint density at radius 3 is 2.33 bits per heavy atom. The van der Waals surface area contributed by atoms with Crippen molar-refractivity contribution in [3.63, 3.8) is 0 Å². The highest BCUT2D eigenvalue weighted by Crippen LogP contribution is 1.87. The molecule has 2 unspecified atom stereocenters. The third-order valence-corrected chi connectivity index (χ3v) is 2.32. The maximum atomic E-state index is 10.8. The summed E-state index contributed by atoms with van der Waals surface area (Å²) in [6, 6.07) is -1.20. The summed E-state index contributed by atoms with van der Waals surface area (Å²) >= 11 is 0. The summed E-state index contributed by atoms with van der Waals surface area (Å²) in [6.45, 7) is 0. The molecule has 70 valence electrons. The van der Waals surface area contributed by atoms with E-state index in [0.29, 0.717) is 0 Å². The molecule has 0 fully saturated rings. The molecule has 0 heterocycles. The number of rotatable bonds is 5. The van der Waals surface area contributed by atoms with Crippen LogP contribution in [0.3, 0.4) is 0 Å². The van der Waals surface area contributed by atoms with Gasteiger partial charge in [-0.05, 0) is 0 Å². The van der Waals surface area contributed by atoms with E-state index in [2.05, 4.69) is 0 Å². The fourth-order valence-corrected chi connectivity index (χ4v) is 1.47. The van der Waals surface area contributed by atoms with Crippen LogP contribution in [0.1, 0.15) is 0 Å². The van der Waals surface area contributed by atoms with Crippen molar-refractivity contribution >= 4 is 22.7 Å². The van der Waals surface area contributed by atoms with Gasteiger partial charge in [0.1, 0.15) is 11.8 Å². The first-order valence-electron chi connectivity index (χ1n) is 3.05. The van der Waals surface area contributed by atoms with Gasteiger partial charge in [0, 0.05) is 16.6 Å². The molecule has 0 aromatic heterocycles. The van der Waals surface area contributed by atoms with Crippen molar-refractivity contribution in [1.29, 1.82) is 0 Å². The minimum atomic E-state index is -1.58. The average Bonchev–Trinajstić information content (AvgIpc) is 1.84. The SMILES string of the molecule is NC(=O)CS(=O)CC(N)C(=O)O. The number of amides is 1. The second-order valence-corrected chi connectivity index (χ2v) is 3.66. The summed E-state index contributed by atoms with van der Waals surface area (Å²) < 4.78 is 10.8. The molecule has 5 N–H and O–H groups in total.